The largest absolute Gasteiger partial charge is 0.497 e. The van der Waals surface area contributed by atoms with Gasteiger partial charge in [0.2, 0.25) is 0 Å². The highest BCUT2D eigenvalue weighted by atomic mass is 35.5. The summed E-state index contributed by atoms with van der Waals surface area (Å²) in [6.45, 7) is 0. The molecule has 3 rings (SSSR count). The summed E-state index contributed by atoms with van der Waals surface area (Å²) < 4.78 is 10.4. The molecule has 0 amide bonds. The Bertz CT molecular complexity index is 715. The molecule has 0 radical (unpaired) electrons. The van der Waals surface area contributed by atoms with Crippen molar-refractivity contribution in [3.05, 3.63) is 54.4 Å². The maximum absolute atomic E-state index is 5.95. The van der Waals surface area contributed by atoms with E-state index in [1.807, 2.05) is 48.5 Å². The standard InChI is InChI=1S/C18H17ClN2O2/c1-22-14-7-3-12(4-8-14)17-18(21-16(11-19)20-17)13-5-9-15(23-2)10-6-13/h3-10H,11H2,1-2H3,(H,20,21). The molecule has 1 N–H and O–H groups in total. The van der Waals surface area contributed by atoms with Gasteiger partial charge in [-0.05, 0) is 48.5 Å². The van der Waals surface area contributed by atoms with Crippen molar-refractivity contribution in [3.8, 4) is 34.0 Å². The monoisotopic (exact) mass is 328 g/mol. The fraction of sp³-hybridized carbons (Fsp3) is 0.167. The highest BCUT2D eigenvalue weighted by Crippen LogP contribution is 2.32. The quantitative estimate of drug-likeness (QED) is 0.701. The molecular formula is C18H17ClN2O2. The van der Waals surface area contributed by atoms with Crippen LogP contribution in [-0.4, -0.2) is 24.2 Å². The van der Waals surface area contributed by atoms with Crippen LogP contribution in [0, 0.1) is 0 Å². The number of aromatic amines is 1. The Hall–Kier alpha value is -2.46. The third kappa shape index (κ3) is 3.17. The van der Waals surface area contributed by atoms with Crippen molar-refractivity contribution in [3.63, 3.8) is 0 Å². The third-order valence-corrected chi connectivity index (χ3v) is 3.87. The molecule has 1 heterocycles. The number of nitrogens with one attached hydrogen (secondary N) is 1. The molecule has 0 aliphatic carbocycles. The Morgan fingerprint density at radius 1 is 0.870 bits per heavy atom. The van der Waals surface area contributed by atoms with Gasteiger partial charge in [-0.25, -0.2) is 4.98 Å². The molecule has 0 aliphatic rings. The molecule has 0 atom stereocenters. The fourth-order valence-corrected chi connectivity index (χ4v) is 2.54. The maximum atomic E-state index is 5.95. The van der Waals surface area contributed by atoms with Crippen LogP contribution in [0.5, 0.6) is 11.5 Å². The van der Waals surface area contributed by atoms with Gasteiger partial charge in [0.1, 0.15) is 17.3 Å². The van der Waals surface area contributed by atoms with Crippen LogP contribution in [0.4, 0.5) is 0 Å². The normalized spacial score (nSPS) is 10.6. The van der Waals surface area contributed by atoms with Gasteiger partial charge in [-0.2, -0.15) is 0 Å². The van der Waals surface area contributed by atoms with E-state index in [1.54, 1.807) is 14.2 Å². The minimum Gasteiger partial charge on any atom is -0.497 e. The van der Waals surface area contributed by atoms with E-state index in [-0.39, 0.29) is 0 Å². The smallest absolute Gasteiger partial charge is 0.122 e. The zero-order valence-corrected chi connectivity index (χ0v) is 13.7. The Morgan fingerprint density at radius 2 is 1.39 bits per heavy atom. The lowest BCUT2D eigenvalue weighted by Crippen LogP contribution is -1.87. The molecule has 0 fully saturated rings. The lowest BCUT2D eigenvalue weighted by atomic mass is 10.0. The molecule has 2 aromatic carbocycles. The third-order valence-electron chi connectivity index (χ3n) is 3.62. The Morgan fingerprint density at radius 3 is 1.87 bits per heavy atom. The highest BCUT2D eigenvalue weighted by molar-refractivity contribution is 6.16. The Labute approximate surface area is 140 Å². The molecule has 4 nitrogen and oxygen atoms in total. The van der Waals surface area contributed by atoms with E-state index in [1.165, 1.54) is 0 Å². The number of halogens is 1. The summed E-state index contributed by atoms with van der Waals surface area (Å²) in [5.41, 5.74) is 3.84. The maximum Gasteiger partial charge on any atom is 0.122 e. The number of methoxy groups -OCH3 is 2. The first-order chi connectivity index (χ1) is 11.2. The highest BCUT2D eigenvalue weighted by Gasteiger charge is 2.14. The summed E-state index contributed by atoms with van der Waals surface area (Å²) in [7, 11) is 3.30. The second-order valence-electron chi connectivity index (χ2n) is 5.00. The van der Waals surface area contributed by atoms with Crippen LogP contribution in [0.3, 0.4) is 0 Å². The molecule has 0 unspecified atom stereocenters. The zero-order valence-electron chi connectivity index (χ0n) is 13.0. The summed E-state index contributed by atoms with van der Waals surface area (Å²) in [5.74, 6) is 2.70. The van der Waals surface area contributed by atoms with Gasteiger partial charge in [0.05, 0.1) is 31.5 Å². The molecule has 0 aliphatic heterocycles. The number of hydrogen-bond acceptors (Lipinski definition) is 3. The lowest BCUT2D eigenvalue weighted by Gasteiger charge is -2.06. The van der Waals surface area contributed by atoms with Gasteiger partial charge in [0, 0.05) is 11.1 Å². The van der Waals surface area contributed by atoms with Crippen molar-refractivity contribution in [2.75, 3.05) is 14.2 Å². The first-order valence-electron chi connectivity index (χ1n) is 7.19. The van der Waals surface area contributed by atoms with Crippen LogP contribution in [0.25, 0.3) is 22.5 Å². The van der Waals surface area contributed by atoms with Gasteiger partial charge in [-0.1, -0.05) is 0 Å². The van der Waals surface area contributed by atoms with Crippen LogP contribution < -0.4 is 9.47 Å². The summed E-state index contributed by atoms with van der Waals surface area (Å²) in [6.07, 6.45) is 0. The van der Waals surface area contributed by atoms with E-state index in [2.05, 4.69) is 9.97 Å². The summed E-state index contributed by atoms with van der Waals surface area (Å²) in [6, 6.07) is 15.7. The van der Waals surface area contributed by atoms with Crippen molar-refractivity contribution in [2.45, 2.75) is 5.88 Å². The number of hydrogen-bond donors (Lipinski definition) is 1. The number of benzene rings is 2. The second kappa shape index (κ2) is 6.75. The number of aromatic nitrogens is 2. The van der Waals surface area contributed by atoms with Gasteiger partial charge >= 0.3 is 0 Å². The molecule has 23 heavy (non-hydrogen) atoms. The number of H-pyrrole nitrogens is 1. The zero-order chi connectivity index (χ0) is 16.2. The van der Waals surface area contributed by atoms with Gasteiger partial charge in [0.15, 0.2) is 0 Å². The van der Waals surface area contributed by atoms with E-state index in [9.17, 15) is 0 Å². The van der Waals surface area contributed by atoms with Gasteiger partial charge < -0.3 is 14.5 Å². The summed E-state index contributed by atoms with van der Waals surface area (Å²) in [4.78, 5) is 7.91. The predicted molar refractivity (Wildman–Crippen MR) is 92.1 cm³/mol. The molecule has 0 saturated carbocycles. The molecule has 0 bridgehead atoms. The van der Waals surface area contributed by atoms with E-state index >= 15 is 0 Å². The topological polar surface area (TPSA) is 47.1 Å². The second-order valence-corrected chi connectivity index (χ2v) is 5.26. The molecule has 118 valence electrons. The van der Waals surface area contributed by atoms with Crippen LogP contribution in [0.2, 0.25) is 0 Å². The lowest BCUT2D eigenvalue weighted by molar-refractivity contribution is 0.414. The fourth-order valence-electron chi connectivity index (χ4n) is 2.41. The average Bonchev–Trinajstić information content (AvgIpc) is 3.06. The minimum atomic E-state index is 0.333. The molecule has 5 heteroatoms. The minimum absolute atomic E-state index is 0.333. The van der Waals surface area contributed by atoms with Crippen molar-refractivity contribution < 1.29 is 9.47 Å². The van der Waals surface area contributed by atoms with Gasteiger partial charge in [-0.3, -0.25) is 0 Å². The van der Waals surface area contributed by atoms with Gasteiger partial charge in [0.25, 0.3) is 0 Å². The van der Waals surface area contributed by atoms with E-state index in [0.29, 0.717) is 5.88 Å². The SMILES string of the molecule is COc1ccc(-c2nc(CCl)[nH]c2-c2ccc(OC)cc2)cc1. The molecule has 0 spiro atoms. The molecule has 1 aromatic heterocycles. The van der Waals surface area contributed by atoms with Crippen molar-refractivity contribution in [2.24, 2.45) is 0 Å². The van der Waals surface area contributed by atoms with Crippen LogP contribution >= 0.6 is 11.6 Å². The van der Waals surface area contributed by atoms with Crippen molar-refractivity contribution >= 4 is 11.6 Å². The summed E-state index contributed by atoms with van der Waals surface area (Å²) in [5, 5.41) is 0. The number of alkyl halides is 1. The van der Waals surface area contributed by atoms with Crippen LogP contribution in [0.1, 0.15) is 5.82 Å². The van der Waals surface area contributed by atoms with Gasteiger partial charge in [-0.15, -0.1) is 11.6 Å². The molecule has 0 saturated heterocycles. The van der Waals surface area contributed by atoms with Crippen LogP contribution in [0.15, 0.2) is 48.5 Å². The van der Waals surface area contributed by atoms with E-state index in [0.717, 1.165) is 39.8 Å². The van der Waals surface area contributed by atoms with E-state index < -0.39 is 0 Å². The number of ether oxygens (including phenoxy) is 2. The first-order valence-corrected chi connectivity index (χ1v) is 7.72. The number of nitrogens with zero attached hydrogens (tertiary/aromatic N) is 1. The Kier molecular flexibility index (Phi) is 4.53. The number of imidazole rings is 1. The first kappa shape index (κ1) is 15.4. The summed E-state index contributed by atoms with van der Waals surface area (Å²) >= 11 is 5.95. The molecule has 3 aromatic rings. The van der Waals surface area contributed by atoms with Crippen molar-refractivity contribution in [1.29, 1.82) is 0 Å². The van der Waals surface area contributed by atoms with Crippen molar-refractivity contribution in [1.82, 2.24) is 9.97 Å². The number of rotatable bonds is 5. The molecular weight excluding hydrogens is 312 g/mol. The predicted octanol–water partition coefficient (Wildman–Crippen LogP) is 4.50. The average molecular weight is 329 g/mol. The van der Waals surface area contributed by atoms with Crippen LogP contribution in [-0.2, 0) is 5.88 Å². The Balaban J connectivity index is 2.06. The van der Waals surface area contributed by atoms with E-state index in [4.69, 9.17) is 21.1 Å².